The SMILES string of the molecule is Cc1cc(C)nc(SCC(C(=O)O)c2ccccc2)n1. The number of hydrogen-bond donors (Lipinski definition) is 1. The summed E-state index contributed by atoms with van der Waals surface area (Å²) < 4.78 is 0. The van der Waals surface area contributed by atoms with E-state index >= 15 is 0 Å². The minimum absolute atomic E-state index is 0.419. The molecule has 1 unspecified atom stereocenters. The van der Waals surface area contributed by atoms with Crippen LogP contribution in [0.15, 0.2) is 41.6 Å². The first kappa shape index (κ1) is 14.5. The highest BCUT2D eigenvalue weighted by Crippen LogP contribution is 2.24. The van der Waals surface area contributed by atoms with Crippen molar-refractivity contribution in [1.82, 2.24) is 9.97 Å². The third-order valence-corrected chi connectivity index (χ3v) is 3.78. The molecular formula is C15H16N2O2S. The Labute approximate surface area is 122 Å². The molecule has 0 fully saturated rings. The lowest BCUT2D eigenvalue weighted by Gasteiger charge is -2.12. The number of rotatable bonds is 5. The van der Waals surface area contributed by atoms with Crippen molar-refractivity contribution in [2.45, 2.75) is 24.9 Å². The molecule has 1 atom stereocenters. The van der Waals surface area contributed by atoms with Gasteiger partial charge in [0.1, 0.15) is 0 Å². The average molecular weight is 288 g/mol. The molecule has 0 amide bonds. The summed E-state index contributed by atoms with van der Waals surface area (Å²) in [5, 5.41) is 9.99. The van der Waals surface area contributed by atoms with Gasteiger partial charge in [-0.1, -0.05) is 42.1 Å². The second kappa shape index (κ2) is 6.52. The molecule has 5 heteroatoms. The first-order valence-corrected chi connectivity index (χ1v) is 7.27. The Morgan fingerprint density at radius 1 is 1.20 bits per heavy atom. The van der Waals surface area contributed by atoms with Crippen molar-refractivity contribution >= 4 is 17.7 Å². The van der Waals surface area contributed by atoms with Crippen molar-refractivity contribution < 1.29 is 9.90 Å². The van der Waals surface area contributed by atoms with Crippen LogP contribution in [0, 0.1) is 13.8 Å². The number of nitrogens with zero attached hydrogens (tertiary/aromatic N) is 2. The van der Waals surface area contributed by atoms with Crippen LogP contribution in [0.4, 0.5) is 0 Å². The zero-order valence-electron chi connectivity index (χ0n) is 11.4. The molecule has 2 aromatic rings. The summed E-state index contributed by atoms with van der Waals surface area (Å²) in [6.07, 6.45) is 0. The van der Waals surface area contributed by atoms with Gasteiger partial charge in [0.2, 0.25) is 0 Å². The Morgan fingerprint density at radius 3 is 2.35 bits per heavy atom. The first-order valence-electron chi connectivity index (χ1n) is 6.29. The summed E-state index contributed by atoms with van der Waals surface area (Å²) in [6.45, 7) is 3.81. The minimum atomic E-state index is -0.826. The van der Waals surface area contributed by atoms with Crippen LogP contribution in [-0.2, 0) is 4.79 Å². The molecule has 0 spiro atoms. The Morgan fingerprint density at radius 2 is 1.80 bits per heavy atom. The molecule has 2 rings (SSSR count). The molecule has 0 saturated heterocycles. The lowest BCUT2D eigenvalue weighted by molar-refractivity contribution is -0.138. The number of benzene rings is 1. The molecule has 0 saturated carbocycles. The van der Waals surface area contributed by atoms with Gasteiger partial charge in [-0.15, -0.1) is 0 Å². The Balaban J connectivity index is 2.12. The van der Waals surface area contributed by atoms with Crippen molar-refractivity contribution in [2.75, 3.05) is 5.75 Å². The molecule has 4 nitrogen and oxygen atoms in total. The van der Waals surface area contributed by atoms with Crippen LogP contribution in [-0.4, -0.2) is 26.8 Å². The molecule has 1 aromatic carbocycles. The van der Waals surface area contributed by atoms with Crippen LogP contribution >= 0.6 is 11.8 Å². The Kier molecular flexibility index (Phi) is 4.74. The van der Waals surface area contributed by atoms with E-state index in [1.54, 1.807) is 0 Å². The normalized spacial score (nSPS) is 12.1. The predicted octanol–water partition coefficient (Wildman–Crippen LogP) is 3.05. The zero-order valence-corrected chi connectivity index (χ0v) is 12.2. The van der Waals surface area contributed by atoms with Crippen LogP contribution < -0.4 is 0 Å². The molecule has 20 heavy (non-hydrogen) atoms. The molecule has 1 N–H and O–H groups in total. The summed E-state index contributed by atoms with van der Waals surface area (Å²) in [5.74, 6) is -0.957. The highest BCUT2D eigenvalue weighted by atomic mass is 32.2. The maximum atomic E-state index is 11.4. The predicted molar refractivity (Wildman–Crippen MR) is 79.0 cm³/mol. The van der Waals surface area contributed by atoms with Gasteiger partial charge in [0.25, 0.3) is 0 Å². The lowest BCUT2D eigenvalue weighted by atomic mass is 10.0. The van der Waals surface area contributed by atoms with E-state index in [2.05, 4.69) is 9.97 Å². The van der Waals surface area contributed by atoms with Gasteiger partial charge in [0.05, 0.1) is 5.92 Å². The number of carboxylic acids is 1. The van der Waals surface area contributed by atoms with E-state index in [0.29, 0.717) is 10.9 Å². The molecule has 0 aliphatic rings. The van der Waals surface area contributed by atoms with Gasteiger partial charge in [-0.05, 0) is 25.5 Å². The largest absolute Gasteiger partial charge is 0.481 e. The smallest absolute Gasteiger partial charge is 0.311 e. The van der Waals surface area contributed by atoms with Crippen molar-refractivity contribution in [2.24, 2.45) is 0 Å². The standard InChI is InChI=1S/C15H16N2O2S/c1-10-8-11(2)17-15(16-10)20-9-13(14(18)19)12-6-4-3-5-7-12/h3-8,13H,9H2,1-2H3,(H,18,19). The van der Waals surface area contributed by atoms with Crippen molar-refractivity contribution in [3.63, 3.8) is 0 Å². The highest BCUT2D eigenvalue weighted by Gasteiger charge is 2.20. The maximum Gasteiger partial charge on any atom is 0.311 e. The van der Waals surface area contributed by atoms with E-state index < -0.39 is 11.9 Å². The van der Waals surface area contributed by atoms with Crippen LogP contribution in [0.25, 0.3) is 0 Å². The van der Waals surface area contributed by atoms with Crippen molar-refractivity contribution in [1.29, 1.82) is 0 Å². The van der Waals surface area contributed by atoms with E-state index in [-0.39, 0.29) is 0 Å². The minimum Gasteiger partial charge on any atom is -0.481 e. The number of aromatic nitrogens is 2. The van der Waals surface area contributed by atoms with E-state index in [1.165, 1.54) is 11.8 Å². The fourth-order valence-electron chi connectivity index (χ4n) is 1.91. The molecule has 0 aliphatic heterocycles. The summed E-state index contributed by atoms with van der Waals surface area (Å²) in [5.41, 5.74) is 2.59. The van der Waals surface area contributed by atoms with E-state index in [0.717, 1.165) is 17.0 Å². The lowest BCUT2D eigenvalue weighted by Crippen LogP contribution is -2.14. The fourth-order valence-corrected chi connectivity index (χ4v) is 2.98. The molecule has 1 aromatic heterocycles. The van der Waals surface area contributed by atoms with Gasteiger partial charge >= 0.3 is 5.97 Å². The molecule has 0 aliphatic carbocycles. The second-order valence-corrected chi connectivity index (χ2v) is 5.53. The molecule has 1 heterocycles. The number of hydrogen-bond acceptors (Lipinski definition) is 4. The highest BCUT2D eigenvalue weighted by molar-refractivity contribution is 7.99. The van der Waals surface area contributed by atoms with Crippen molar-refractivity contribution in [3.8, 4) is 0 Å². The van der Waals surface area contributed by atoms with Gasteiger partial charge in [0.15, 0.2) is 5.16 Å². The van der Waals surface area contributed by atoms with Gasteiger partial charge in [-0.3, -0.25) is 4.79 Å². The number of aliphatic carboxylic acids is 1. The summed E-state index contributed by atoms with van der Waals surface area (Å²) in [7, 11) is 0. The van der Waals surface area contributed by atoms with Gasteiger partial charge in [-0.25, -0.2) is 9.97 Å². The molecular weight excluding hydrogens is 272 g/mol. The summed E-state index contributed by atoms with van der Waals surface area (Å²) >= 11 is 1.38. The molecule has 104 valence electrons. The van der Waals surface area contributed by atoms with Gasteiger partial charge < -0.3 is 5.11 Å². The maximum absolute atomic E-state index is 11.4. The van der Waals surface area contributed by atoms with Crippen LogP contribution in [0.3, 0.4) is 0 Å². The number of thioether (sulfide) groups is 1. The second-order valence-electron chi connectivity index (χ2n) is 4.55. The van der Waals surface area contributed by atoms with E-state index in [4.69, 9.17) is 0 Å². The molecule has 0 bridgehead atoms. The number of carbonyl (C=O) groups is 1. The number of carboxylic acid groups (broad SMARTS) is 1. The van der Waals surface area contributed by atoms with Crippen molar-refractivity contribution in [3.05, 3.63) is 53.3 Å². The van der Waals surface area contributed by atoms with Crippen LogP contribution in [0.5, 0.6) is 0 Å². The average Bonchev–Trinajstić information content (AvgIpc) is 2.38. The zero-order chi connectivity index (χ0) is 14.5. The van der Waals surface area contributed by atoms with Gasteiger partial charge in [0, 0.05) is 17.1 Å². The number of aryl methyl sites for hydroxylation is 2. The quantitative estimate of drug-likeness (QED) is 0.676. The monoisotopic (exact) mass is 288 g/mol. The third kappa shape index (κ3) is 3.81. The summed E-state index contributed by atoms with van der Waals surface area (Å²) in [4.78, 5) is 20.0. The van der Waals surface area contributed by atoms with Gasteiger partial charge in [-0.2, -0.15) is 0 Å². The Hall–Kier alpha value is -1.88. The molecule has 0 radical (unpaired) electrons. The first-order chi connectivity index (χ1) is 9.56. The van der Waals surface area contributed by atoms with E-state index in [9.17, 15) is 9.90 Å². The fraction of sp³-hybridized carbons (Fsp3) is 0.267. The van der Waals surface area contributed by atoms with Crippen LogP contribution in [0.2, 0.25) is 0 Å². The van der Waals surface area contributed by atoms with E-state index in [1.807, 2.05) is 50.2 Å². The van der Waals surface area contributed by atoms with Crippen LogP contribution in [0.1, 0.15) is 22.9 Å². The Bertz CT molecular complexity index is 582. The summed E-state index contributed by atoms with van der Waals surface area (Å²) in [6, 6.07) is 11.1. The topological polar surface area (TPSA) is 63.1 Å². The third-order valence-electron chi connectivity index (χ3n) is 2.84.